The number of aromatic nitrogens is 3. The minimum absolute atomic E-state index is 0.559. The van der Waals surface area contributed by atoms with Gasteiger partial charge in [0.15, 0.2) is 5.82 Å². The maximum Gasteiger partial charge on any atom is 0.233 e. The summed E-state index contributed by atoms with van der Waals surface area (Å²) in [6.07, 6.45) is 8.07. The van der Waals surface area contributed by atoms with Crippen LogP contribution < -0.4 is 9.64 Å². The monoisotopic (exact) mass is 329 g/mol. The average molecular weight is 329 g/mol. The summed E-state index contributed by atoms with van der Waals surface area (Å²) < 4.78 is 10.7. The molecule has 0 saturated carbocycles. The predicted molar refractivity (Wildman–Crippen MR) is 89.2 cm³/mol. The van der Waals surface area contributed by atoms with Gasteiger partial charge < -0.3 is 14.2 Å². The van der Waals surface area contributed by atoms with Crippen molar-refractivity contribution in [1.82, 2.24) is 20.0 Å². The third-order valence-electron chi connectivity index (χ3n) is 4.91. The summed E-state index contributed by atoms with van der Waals surface area (Å²) in [5.41, 5.74) is 2.50. The van der Waals surface area contributed by atoms with E-state index in [1.165, 1.54) is 18.4 Å². The number of fused-ring (bicyclic) bond motifs is 1. The molecular weight excluding hydrogens is 306 g/mol. The van der Waals surface area contributed by atoms with Crippen LogP contribution in [-0.4, -0.2) is 53.3 Å². The topological polar surface area (TPSA) is 67.5 Å². The Hall–Kier alpha value is -2.15. The van der Waals surface area contributed by atoms with Crippen LogP contribution in [0.25, 0.3) is 0 Å². The SMILES string of the molecule is COc1cncc(N2CCN(Cc3noc4c3CCCC4)CC2)n1. The molecule has 0 amide bonds. The molecule has 1 fully saturated rings. The molecule has 0 N–H and O–H groups in total. The first-order valence-electron chi connectivity index (χ1n) is 8.63. The molecule has 24 heavy (non-hydrogen) atoms. The zero-order chi connectivity index (χ0) is 16.4. The Labute approximate surface area is 141 Å². The Kier molecular flexibility index (Phi) is 4.34. The van der Waals surface area contributed by atoms with Gasteiger partial charge in [0.1, 0.15) is 11.5 Å². The Bertz CT molecular complexity index is 694. The first kappa shape index (κ1) is 15.4. The minimum Gasteiger partial charge on any atom is -0.480 e. The van der Waals surface area contributed by atoms with Crippen molar-refractivity contribution in [2.45, 2.75) is 32.2 Å². The smallest absolute Gasteiger partial charge is 0.233 e. The fraction of sp³-hybridized carbons (Fsp3) is 0.588. The van der Waals surface area contributed by atoms with Crippen molar-refractivity contribution < 1.29 is 9.26 Å². The molecule has 1 aliphatic heterocycles. The summed E-state index contributed by atoms with van der Waals surface area (Å²) in [4.78, 5) is 13.4. The lowest BCUT2D eigenvalue weighted by Gasteiger charge is -2.35. The summed E-state index contributed by atoms with van der Waals surface area (Å²) >= 11 is 0. The summed E-state index contributed by atoms with van der Waals surface area (Å²) in [5.74, 6) is 2.55. The quantitative estimate of drug-likeness (QED) is 0.845. The Morgan fingerprint density at radius 2 is 1.96 bits per heavy atom. The third-order valence-corrected chi connectivity index (χ3v) is 4.91. The highest BCUT2D eigenvalue weighted by molar-refractivity contribution is 5.38. The van der Waals surface area contributed by atoms with E-state index >= 15 is 0 Å². The van der Waals surface area contributed by atoms with Crippen LogP contribution in [-0.2, 0) is 19.4 Å². The second-order valence-electron chi connectivity index (χ2n) is 6.42. The molecular formula is C17H23N5O2. The lowest BCUT2D eigenvalue weighted by atomic mass is 9.96. The predicted octanol–water partition coefficient (Wildman–Crippen LogP) is 1.67. The molecule has 0 atom stereocenters. The summed E-state index contributed by atoms with van der Waals surface area (Å²) in [6.45, 7) is 4.72. The molecule has 0 spiro atoms. The molecule has 2 aromatic heterocycles. The molecule has 128 valence electrons. The maximum atomic E-state index is 5.53. The number of hydrogen-bond acceptors (Lipinski definition) is 7. The first-order chi connectivity index (χ1) is 11.8. The van der Waals surface area contributed by atoms with E-state index in [1.54, 1.807) is 19.5 Å². The standard InChI is InChI=1S/C17H23N5O2/c1-23-17-11-18-10-16(19-17)22-8-6-21(7-9-22)12-14-13-4-2-3-5-15(13)24-20-14/h10-11H,2-9,12H2,1H3. The molecule has 0 aromatic carbocycles. The number of methoxy groups -OCH3 is 1. The van der Waals surface area contributed by atoms with Crippen molar-refractivity contribution in [1.29, 1.82) is 0 Å². The number of nitrogens with zero attached hydrogens (tertiary/aromatic N) is 5. The molecule has 3 heterocycles. The van der Waals surface area contributed by atoms with Crippen LogP contribution in [0.4, 0.5) is 5.82 Å². The van der Waals surface area contributed by atoms with Gasteiger partial charge in [-0.2, -0.15) is 4.98 Å². The molecule has 7 nitrogen and oxygen atoms in total. The molecule has 2 aliphatic rings. The lowest BCUT2D eigenvalue weighted by molar-refractivity contribution is 0.240. The van der Waals surface area contributed by atoms with Crippen molar-refractivity contribution in [3.05, 3.63) is 29.4 Å². The number of hydrogen-bond donors (Lipinski definition) is 0. The Morgan fingerprint density at radius 1 is 1.12 bits per heavy atom. The average Bonchev–Trinajstić information content (AvgIpc) is 3.05. The highest BCUT2D eigenvalue weighted by Gasteiger charge is 2.23. The summed E-state index contributed by atoms with van der Waals surface area (Å²) in [7, 11) is 1.62. The van der Waals surface area contributed by atoms with Crippen LogP contribution in [0.2, 0.25) is 0 Å². The van der Waals surface area contributed by atoms with Crippen molar-refractivity contribution in [3.63, 3.8) is 0 Å². The van der Waals surface area contributed by atoms with Gasteiger partial charge in [-0.25, -0.2) is 0 Å². The number of anilines is 1. The first-order valence-corrected chi connectivity index (χ1v) is 8.63. The van der Waals surface area contributed by atoms with Crippen molar-refractivity contribution in [3.8, 4) is 5.88 Å². The zero-order valence-electron chi connectivity index (χ0n) is 14.1. The second-order valence-corrected chi connectivity index (χ2v) is 6.42. The van der Waals surface area contributed by atoms with E-state index in [0.29, 0.717) is 5.88 Å². The van der Waals surface area contributed by atoms with Gasteiger partial charge in [0.2, 0.25) is 5.88 Å². The minimum atomic E-state index is 0.559. The highest BCUT2D eigenvalue weighted by atomic mass is 16.5. The lowest BCUT2D eigenvalue weighted by Crippen LogP contribution is -2.46. The number of rotatable bonds is 4. The molecule has 0 unspecified atom stereocenters. The fourth-order valence-corrected chi connectivity index (χ4v) is 3.51. The summed E-state index contributed by atoms with van der Waals surface area (Å²) in [5, 5.41) is 4.32. The van der Waals surface area contributed by atoms with Crippen molar-refractivity contribution in [2.24, 2.45) is 0 Å². The van der Waals surface area contributed by atoms with Crippen LogP contribution in [0.1, 0.15) is 29.9 Å². The molecule has 2 aromatic rings. The van der Waals surface area contributed by atoms with E-state index in [4.69, 9.17) is 9.26 Å². The van der Waals surface area contributed by atoms with Gasteiger partial charge in [-0.1, -0.05) is 5.16 Å². The largest absolute Gasteiger partial charge is 0.480 e. The number of aryl methyl sites for hydroxylation is 1. The Balaban J connectivity index is 1.37. The van der Waals surface area contributed by atoms with Crippen molar-refractivity contribution >= 4 is 5.82 Å². The van der Waals surface area contributed by atoms with Gasteiger partial charge >= 0.3 is 0 Å². The van der Waals surface area contributed by atoms with Crippen LogP contribution in [0, 0.1) is 0 Å². The van der Waals surface area contributed by atoms with E-state index in [1.807, 2.05) is 0 Å². The normalized spacial score (nSPS) is 18.5. The second kappa shape index (κ2) is 6.76. The van der Waals surface area contributed by atoms with Crippen LogP contribution in [0.3, 0.4) is 0 Å². The van der Waals surface area contributed by atoms with E-state index in [0.717, 1.165) is 62.8 Å². The van der Waals surface area contributed by atoms with Crippen LogP contribution >= 0.6 is 0 Å². The molecule has 0 radical (unpaired) electrons. The molecule has 1 aliphatic carbocycles. The third kappa shape index (κ3) is 3.08. The van der Waals surface area contributed by atoms with Crippen LogP contribution in [0.5, 0.6) is 5.88 Å². The fourth-order valence-electron chi connectivity index (χ4n) is 3.51. The molecule has 0 bridgehead atoms. The van der Waals surface area contributed by atoms with E-state index in [9.17, 15) is 0 Å². The van der Waals surface area contributed by atoms with E-state index in [-0.39, 0.29) is 0 Å². The van der Waals surface area contributed by atoms with Gasteiger partial charge in [-0.15, -0.1) is 0 Å². The van der Waals surface area contributed by atoms with Crippen LogP contribution in [0.15, 0.2) is 16.9 Å². The number of ether oxygens (including phenoxy) is 1. The highest BCUT2D eigenvalue weighted by Crippen LogP contribution is 2.25. The van der Waals surface area contributed by atoms with E-state index in [2.05, 4.69) is 24.9 Å². The molecule has 1 saturated heterocycles. The molecule has 7 heteroatoms. The summed E-state index contributed by atoms with van der Waals surface area (Å²) in [6, 6.07) is 0. The number of piperazine rings is 1. The van der Waals surface area contributed by atoms with Gasteiger partial charge in [-0.05, 0) is 19.3 Å². The zero-order valence-corrected chi connectivity index (χ0v) is 14.1. The Morgan fingerprint density at radius 3 is 2.79 bits per heavy atom. The van der Waals surface area contributed by atoms with Crippen molar-refractivity contribution in [2.75, 3.05) is 38.2 Å². The van der Waals surface area contributed by atoms with Gasteiger partial charge in [0.25, 0.3) is 0 Å². The van der Waals surface area contributed by atoms with Gasteiger partial charge in [-0.3, -0.25) is 9.88 Å². The van der Waals surface area contributed by atoms with Gasteiger partial charge in [0.05, 0.1) is 19.5 Å². The maximum absolute atomic E-state index is 5.53. The molecule has 4 rings (SSSR count). The van der Waals surface area contributed by atoms with Gasteiger partial charge in [0, 0.05) is 44.7 Å². The van der Waals surface area contributed by atoms with E-state index < -0.39 is 0 Å².